The van der Waals surface area contributed by atoms with Gasteiger partial charge in [0.25, 0.3) is 0 Å². The van der Waals surface area contributed by atoms with Crippen molar-refractivity contribution in [1.82, 2.24) is 0 Å². The maximum Gasteiger partial charge on any atom is 0.307 e. The lowest BCUT2D eigenvalue weighted by Gasteiger charge is -1.98. The number of rotatable bonds is 2. The fourth-order valence-corrected chi connectivity index (χ4v) is 1.59. The summed E-state index contributed by atoms with van der Waals surface area (Å²) in [6, 6.07) is 4.24. The zero-order chi connectivity index (χ0) is 9.14. The minimum atomic E-state index is -0.948. The Labute approximate surface area is 82.5 Å². The molecule has 1 rings (SSSR count). The molecule has 2 nitrogen and oxygen atoms in total. The summed E-state index contributed by atoms with van der Waals surface area (Å²) in [6.45, 7) is 0. The first-order valence-corrected chi connectivity index (χ1v) is 4.32. The smallest absolute Gasteiger partial charge is 0.307 e. The van der Waals surface area contributed by atoms with E-state index in [1.807, 2.05) is 22.6 Å². The van der Waals surface area contributed by atoms with Crippen molar-refractivity contribution in [3.63, 3.8) is 0 Å². The summed E-state index contributed by atoms with van der Waals surface area (Å²) in [7, 11) is 0. The number of benzene rings is 1. The maximum absolute atomic E-state index is 12.7. The molecule has 12 heavy (non-hydrogen) atoms. The Kier molecular flexibility index (Phi) is 3.02. The van der Waals surface area contributed by atoms with E-state index in [0.29, 0.717) is 9.13 Å². The molecule has 0 bridgehead atoms. The zero-order valence-electron chi connectivity index (χ0n) is 6.05. The predicted octanol–water partition coefficient (Wildman–Crippen LogP) is 2.06. The lowest BCUT2D eigenvalue weighted by Crippen LogP contribution is -2.00. The lowest BCUT2D eigenvalue weighted by atomic mass is 10.1. The molecule has 0 fully saturated rings. The van der Waals surface area contributed by atoms with E-state index in [2.05, 4.69) is 0 Å². The van der Waals surface area contributed by atoms with E-state index >= 15 is 0 Å². The van der Waals surface area contributed by atoms with Crippen molar-refractivity contribution in [2.45, 2.75) is 6.42 Å². The third-order valence-electron chi connectivity index (χ3n) is 1.28. The summed E-state index contributed by atoms with van der Waals surface area (Å²) in [5.74, 6) is -1.34. The minimum absolute atomic E-state index is 0.131. The van der Waals surface area contributed by atoms with Gasteiger partial charge in [0.15, 0.2) is 0 Å². The second-order valence-electron chi connectivity index (χ2n) is 2.35. The predicted molar refractivity (Wildman–Crippen MR) is 50.5 cm³/mol. The van der Waals surface area contributed by atoms with E-state index in [1.54, 1.807) is 6.07 Å². The average Bonchev–Trinajstić information content (AvgIpc) is 1.81. The molecule has 1 N–H and O–H groups in total. The van der Waals surface area contributed by atoms with Gasteiger partial charge in [0, 0.05) is 3.57 Å². The Bertz CT molecular complexity index is 292. The number of hydrogen-bond donors (Lipinski definition) is 1. The molecule has 0 heterocycles. The van der Waals surface area contributed by atoms with Gasteiger partial charge in [-0.2, -0.15) is 0 Å². The van der Waals surface area contributed by atoms with E-state index in [9.17, 15) is 9.18 Å². The van der Waals surface area contributed by atoms with Crippen LogP contribution >= 0.6 is 22.6 Å². The van der Waals surface area contributed by atoms with Gasteiger partial charge in [-0.05, 0) is 46.4 Å². The van der Waals surface area contributed by atoms with Gasteiger partial charge in [0.1, 0.15) is 5.82 Å². The van der Waals surface area contributed by atoms with Gasteiger partial charge in [0.2, 0.25) is 0 Å². The Morgan fingerprint density at radius 1 is 1.50 bits per heavy atom. The highest BCUT2D eigenvalue weighted by molar-refractivity contribution is 14.1. The molecular formula is C8H6FIO2. The third kappa shape index (κ3) is 2.77. The van der Waals surface area contributed by atoms with E-state index < -0.39 is 11.8 Å². The number of carbonyl (C=O) groups is 1. The zero-order valence-corrected chi connectivity index (χ0v) is 8.21. The van der Waals surface area contributed by atoms with Crippen LogP contribution in [0.1, 0.15) is 5.56 Å². The molecule has 0 aromatic heterocycles. The molecule has 1 aromatic carbocycles. The van der Waals surface area contributed by atoms with Crippen LogP contribution in [-0.4, -0.2) is 11.1 Å². The number of hydrogen-bond acceptors (Lipinski definition) is 1. The van der Waals surface area contributed by atoms with Gasteiger partial charge in [-0.15, -0.1) is 0 Å². The van der Waals surface area contributed by atoms with Crippen LogP contribution in [0.5, 0.6) is 0 Å². The Balaban J connectivity index is 2.93. The molecule has 0 saturated heterocycles. The van der Waals surface area contributed by atoms with Gasteiger partial charge in [-0.3, -0.25) is 4.79 Å². The van der Waals surface area contributed by atoms with Crippen LogP contribution in [0.25, 0.3) is 0 Å². The summed E-state index contributed by atoms with van der Waals surface area (Å²) >= 11 is 1.94. The average molecular weight is 280 g/mol. The van der Waals surface area contributed by atoms with Crippen molar-refractivity contribution in [2.75, 3.05) is 0 Å². The molecule has 0 amide bonds. The molecule has 0 spiro atoms. The number of carboxylic acids is 1. The van der Waals surface area contributed by atoms with E-state index in [0.717, 1.165) is 0 Å². The number of carboxylic acid groups (broad SMARTS) is 1. The van der Waals surface area contributed by atoms with Crippen LogP contribution in [0.3, 0.4) is 0 Å². The highest BCUT2D eigenvalue weighted by Crippen LogP contribution is 2.11. The van der Waals surface area contributed by atoms with Crippen molar-refractivity contribution in [1.29, 1.82) is 0 Å². The molecule has 0 radical (unpaired) electrons. The minimum Gasteiger partial charge on any atom is -0.481 e. The Morgan fingerprint density at radius 2 is 2.17 bits per heavy atom. The van der Waals surface area contributed by atoms with Crippen molar-refractivity contribution < 1.29 is 14.3 Å². The molecule has 0 aliphatic rings. The molecule has 0 unspecified atom stereocenters. The van der Waals surface area contributed by atoms with E-state index in [-0.39, 0.29) is 6.42 Å². The van der Waals surface area contributed by atoms with Gasteiger partial charge < -0.3 is 5.11 Å². The number of halogens is 2. The lowest BCUT2D eigenvalue weighted by molar-refractivity contribution is -0.136. The highest BCUT2D eigenvalue weighted by atomic mass is 127. The standard InChI is InChI=1S/C8H6FIO2/c9-6-1-5(3-8(11)12)2-7(10)4-6/h1-2,4H,3H2,(H,11,12). The third-order valence-corrected chi connectivity index (χ3v) is 1.90. The van der Waals surface area contributed by atoms with Crippen LogP contribution in [-0.2, 0) is 11.2 Å². The summed E-state index contributed by atoms with van der Waals surface area (Å²) in [6.07, 6.45) is -0.131. The van der Waals surface area contributed by atoms with Gasteiger partial charge in [-0.1, -0.05) is 0 Å². The van der Waals surface area contributed by atoms with E-state index in [4.69, 9.17) is 5.11 Å². The maximum atomic E-state index is 12.7. The summed E-state index contributed by atoms with van der Waals surface area (Å²) in [5.41, 5.74) is 0.493. The molecule has 1 aromatic rings. The van der Waals surface area contributed by atoms with Gasteiger partial charge in [0.05, 0.1) is 6.42 Å². The molecule has 0 saturated carbocycles. The summed E-state index contributed by atoms with van der Waals surface area (Å²) < 4.78 is 13.4. The first kappa shape index (κ1) is 9.44. The normalized spacial score (nSPS) is 9.83. The van der Waals surface area contributed by atoms with Crippen LogP contribution in [0.15, 0.2) is 18.2 Å². The SMILES string of the molecule is O=C(O)Cc1cc(F)cc(I)c1. The second-order valence-corrected chi connectivity index (χ2v) is 3.59. The molecule has 0 aliphatic carbocycles. The topological polar surface area (TPSA) is 37.3 Å². The van der Waals surface area contributed by atoms with Crippen molar-refractivity contribution in [3.05, 3.63) is 33.1 Å². The number of aliphatic carboxylic acids is 1. The van der Waals surface area contributed by atoms with Crippen LogP contribution in [0.2, 0.25) is 0 Å². The van der Waals surface area contributed by atoms with Gasteiger partial charge in [-0.25, -0.2) is 4.39 Å². The first-order chi connectivity index (χ1) is 5.58. The quantitative estimate of drug-likeness (QED) is 0.842. The second kappa shape index (κ2) is 3.84. The van der Waals surface area contributed by atoms with E-state index in [1.165, 1.54) is 12.1 Å². The fraction of sp³-hybridized carbons (Fsp3) is 0.125. The van der Waals surface area contributed by atoms with Crippen molar-refractivity contribution in [3.8, 4) is 0 Å². The highest BCUT2D eigenvalue weighted by Gasteiger charge is 2.02. The fourth-order valence-electron chi connectivity index (χ4n) is 0.888. The summed E-state index contributed by atoms with van der Waals surface area (Å²) in [4.78, 5) is 10.3. The van der Waals surface area contributed by atoms with Crippen LogP contribution in [0, 0.1) is 9.39 Å². The van der Waals surface area contributed by atoms with Crippen LogP contribution < -0.4 is 0 Å². The molecule has 64 valence electrons. The Morgan fingerprint density at radius 3 is 2.67 bits per heavy atom. The van der Waals surface area contributed by atoms with Crippen molar-refractivity contribution >= 4 is 28.6 Å². The summed E-state index contributed by atoms with van der Waals surface area (Å²) in [5, 5.41) is 8.42. The first-order valence-electron chi connectivity index (χ1n) is 3.24. The largest absolute Gasteiger partial charge is 0.481 e. The molecule has 4 heteroatoms. The van der Waals surface area contributed by atoms with Gasteiger partial charge >= 0.3 is 5.97 Å². The molecular weight excluding hydrogens is 274 g/mol. The molecule has 0 aliphatic heterocycles. The monoisotopic (exact) mass is 280 g/mol. The van der Waals surface area contributed by atoms with Crippen LogP contribution in [0.4, 0.5) is 4.39 Å². The Hall–Kier alpha value is -0.650. The van der Waals surface area contributed by atoms with Crippen molar-refractivity contribution in [2.24, 2.45) is 0 Å². The molecule has 0 atom stereocenters.